The predicted octanol–water partition coefficient (Wildman–Crippen LogP) is 4.12. The van der Waals surface area contributed by atoms with Crippen molar-refractivity contribution in [1.29, 1.82) is 0 Å². The number of halogens is 2. The van der Waals surface area contributed by atoms with Crippen molar-refractivity contribution in [2.24, 2.45) is 5.92 Å². The molecule has 2 nitrogen and oxygen atoms in total. The maximum absolute atomic E-state index is 14.4. The Labute approximate surface area is 118 Å². The lowest BCUT2D eigenvalue weighted by molar-refractivity contribution is -0.116. The number of carbonyl (C=O) groups is 1. The smallest absolute Gasteiger partial charge is 0.275 e. The van der Waals surface area contributed by atoms with Crippen molar-refractivity contribution in [2.75, 3.05) is 11.4 Å². The molecule has 1 aliphatic heterocycles. The minimum absolute atomic E-state index is 0.0211. The molecule has 1 aromatic rings. The van der Waals surface area contributed by atoms with E-state index in [0.717, 1.165) is 0 Å². The van der Waals surface area contributed by atoms with E-state index in [9.17, 15) is 13.6 Å². The third kappa shape index (κ3) is 2.74. The summed E-state index contributed by atoms with van der Waals surface area (Å²) in [6, 6.07) is 6.89. The van der Waals surface area contributed by atoms with Crippen LogP contribution in [0.15, 0.2) is 30.3 Å². The molecule has 1 heterocycles. The van der Waals surface area contributed by atoms with Gasteiger partial charge in [0, 0.05) is 31.0 Å². The molecule has 0 aromatic heterocycles. The normalized spacial score (nSPS) is 19.9. The van der Waals surface area contributed by atoms with E-state index in [1.807, 2.05) is 13.8 Å². The molecule has 108 valence electrons. The Kier molecular flexibility index (Phi) is 3.93. The lowest BCUT2D eigenvalue weighted by atomic mass is 9.94. The number of nitrogens with zero attached hydrogens (tertiary/aromatic N) is 1. The van der Waals surface area contributed by atoms with E-state index in [1.165, 1.54) is 11.8 Å². The summed E-state index contributed by atoms with van der Waals surface area (Å²) in [5, 5.41) is 0. The van der Waals surface area contributed by atoms with Crippen LogP contribution in [0.1, 0.15) is 32.8 Å². The number of carbonyl (C=O) groups excluding carboxylic acids is 1. The first-order valence-electron chi connectivity index (χ1n) is 6.80. The van der Waals surface area contributed by atoms with Gasteiger partial charge in [0.1, 0.15) is 0 Å². The fourth-order valence-corrected chi connectivity index (χ4v) is 2.51. The Morgan fingerprint density at radius 3 is 2.60 bits per heavy atom. The summed E-state index contributed by atoms with van der Waals surface area (Å²) in [4.78, 5) is 13.2. The minimum Gasteiger partial charge on any atom is -0.312 e. The Hall–Kier alpha value is -1.71. The maximum Gasteiger partial charge on any atom is 0.275 e. The van der Waals surface area contributed by atoms with Gasteiger partial charge < -0.3 is 4.90 Å². The Bertz CT molecular complexity index is 549. The average Bonchev–Trinajstić information content (AvgIpc) is 2.45. The van der Waals surface area contributed by atoms with Crippen molar-refractivity contribution in [3.63, 3.8) is 0 Å². The van der Waals surface area contributed by atoms with E-state index in [1.54, 1.807) is 30.3 Å². The molecule has 0 atom stereocenters. The van der Waals surface area contributed by atoms with E-state index in [2.05, 4.69) is 0 Å². The van der Waals surface area contributed by atoms with Crippen molar-refractivity contribution in [2.45, 2.75) is 33.1 Å². The fraction of sp³-hybridized carbons (Fsp3) is 0.438. The molecule has 0 saturated heterocycles. The summed E-state index contributed by atoms with van der Waals surface area (Å²) in [5.41, 5.74) is 1.06. The zero-order valence-corrected chi connectivity index (χ0v) is 12.0. The number of alkyl halides is 2. The van der Waals surface area contributed by atoms with Gasteiger partial charge in [0.05, 0.1) is 5.69 Å². The molecule has 0 spiro atoms. The summed E-state index contributed by atoms with van der Waals surface area (Å²) in [6.45, 7) is 5.19. The van der Waals surface area contributed by atoms with Gasteiger partial charge in [-0.3, -0.25) is 4.79 Å². The van der Waals surface area contributed by atoms with Crippen molar-refractivity contribution in [3.05, 3.63) is 35.9 Å². The minimum atomic E-state index is -2.91. The zero-order valence-electron chi connectivity index (χ0n) is 12.0. The van der Waals surface area contributed by atoms with Gasteiger partial charge in [-0.05, 0) is 12.0 Å². The standard InChI is InChI=1S/C16H19F2NO/c1-11(2)10-14-13-6-4-5-7-15(13)19(12(3)20)9-8-16(14,17)18/h4-7,10-11H,8-9H2,1-3H3/b14-10+. The van der Waals surface area contributed by atoms with Crippen molar-refractivity contribution < 1.29 is 13.6 Å². The molecule has 0 unspecified atom stereocenters. The number of amides is 1. The van der Waals surface area contributed by atoms with E-state index < -0.39 is 5.92 Å². The van der Waals surface area contributed by atoms with Crippen LogP contribution in [0, 0.1) is 5.92 Å². The third-order valence-electron chi connectivity index (χ3n) is 3.41. The molecule has 0 aliphatic carbocycles. The summed E-state index contributed by atoms with van der Waals surface area (Å²) in [5.74, 6) is -3.10. The zero-order chi connectivity index (χ0) is 14.9. The molecule has 20 heavy (non-hydrogen) atoms. The average molecular weight is 279 g/mol. The van der Waals surface area contributed by atoms with E-state index >= 15 is 0 Å². The number of hydrogen-bond acceptors (Lipinski definition) is 1. The van der Waals surface area contributed by atoms with Gasteiger partial charge in [0.25, 0.3) is 5.92 Å². The third-order valence-corrected chi connectivity index (χ3v) is 3.41. The van der Waals surface area contributed by atoms with Gasteiger partial charge in [0.2, 0.25) is 5.91 Å². The second kappa shape index (κ2) is 5.35. The van der Waals surface area contributed by atoms with Crippen LogP contribution in [0.5, 0.6) is 0 Å². The predicted molar refractivity (Wildman–Crippen MR) is 76.8 cm³/mol. The highest BCUT2D eigenvalue weighted by molar-refractivity contribution is 5.96. The van der Waals surface area contributed by atoms with Crippen LogP contribution in [0.25, 0.3) is 5.57 Å². The second-order valence-corrected chi connectivity index (χ2v) is 5.47. The Morgan fingerprint density at radius 2 is 2.00 bits per heavy atom. The molecule has 0 radical (unpaired) electrons. The number of fused-ring (bicyclic) bond motifs is 1. The molecule has 0 fully saturated rings. The van der Waals surface area contributed by atoms with Crippen molar-refractivity contribution in [3.8, 4) is 0 Å². The lowest BCUT2D eigenvalue weighted by Crippen LogP contribution is -2.31. The lowest BCUT2D eigenvalue weighted by Gasteiger charge is -2.20. The van der Waals surface area contributed by atoms with Crippen LogP contribution < -0.4 is 4.90 Å². The largest absolute Gasteiger partial charge is 0.312 e. The number of anilines is 1. The molecule has 0 saturated carbocycles. The molecule has 1 amide bonds. The van der Waals surface area contributed by atoms with E-state index in [-0.39, 0.29) is 30.4 Å². The van der Waals surface area contributed by atoms with Crippen LogP contribution in [0.3, 0.4) is 0 Å². The summed E-state index contributed by atoms with van der Waals surface area (Å²) < 4.78 is 28.8. The Morgan fingerprint density at radius 1 is 1.35 bits per heavy atom. The quantitative estimate of drug-likeness (QED) is 0.757. The van der Waals surface area contributed by atoms with Crippen LogP contribution in [0.4, 0.5) is 14.5 Å². The Balaban J connectivity index is 2.66. The van der Waals surface area contributed by atoms with E-state index in [4.69, 9.17) is 0 Å². The number of allylic oxidation sites excluding steroid dienone is 2. The van der Waals surface area contributed by atoms with Crippen molar-refractivity contribution in [1.82, 2.24) is 0 Å². The van der Waals surface area contributed by atoms with Crippen LogP contribution >= 0.6 is 0 Å². The van der Waals surface area contributed by atoms with Crippen LogP contribution in [0.2, 0.25) is 0 Å². The molecule has 0 N–H and O–H groups in total. The van der Waals surface area contributed by atoms with Crippen LogP contribution in [-0.4, -0.2) is 18.4 Å². The maximum atomic E-state index is 14.4. The molecule has 2 rings (SSSR count). The summed E-state index contributed by atoms with van der Waals surface area (Å²) in [6.07, 6.45) is 1.25. The number of benzene rings is 1. The molecule has 4 heteroatoms. The number of para-hydroxylation sites is 1. The number of hydrogen-bond donors (Lipinski definition) is 0. The topological polar surface area (TPSA) is 20.3 Å². The number of rotatable bonds is 1. The summed E-state index contributed by atoms with van der Waals surface area (Å²) >= 11 is 0. The summed E-state index contributed by atoms with van der Waals surface area (Å²) in [7, 11) is 0. The van der Waals surface area contributed by atoms with Crippen molar-refractivity contribution >= 4 is 17.2 Å². The van der Waals surface area contributed by atoms with Gasteiger partial charge in [-0.1, -0.05) is 38.1 Å². The first-order valence-corrected chi connectivity index (χ1v) is 6.80. The first-order chi connectivity index (χ1) is 9.33. The van der Waals surface area contributed by atoms with E-state index in [0.29, 0.717) is 11.3 Å². The van der Waals surface area contributed by atoms with Gasteiger partial charge >= 0.3 is 0 Å². The van der Waals surface area contributed by atoms with Gasteiger partial charge in [-0.15, -0.1) is 0 Å². The van der Waals surface area contributed by atoms with Gasteiger partial charge in [-0.25, -0.2) is 8.78 Å². The second-order valence-electron chi connectivity index (χ2n) is 5.47. The highest BCUT2D eigenvalue weighted by Gasteiger charge is 2.40. The first kappa shape index (κ1) is 14.7. The monoisotopic (exact) mass is 279 g/mol. The van der Waals surface area contributed by atoms with Crippen LogP contribution in [-0.2, 0) is 4.79 Å². The molecule has 1 aromatic carbocycles. The van der Waals surface area contributed by atoms with Gasteiger partial charge in [-0.2, -0.15) is 0 Å². The highest BCUT2D eigenvalue weighted by Crippen LogP contribution is 2.43. The highest BCUT2D eigenvalue weighted by atomic mass is 19.3. The fourth-order valence-electron chi connectivity index (χ4n) is 2.51. The SMILES string of the molecule is CC(=O)N1CCC(F)(F)/C(=C/C(C)C)c2ccccc21. The molecular weight excluding hydrogens is 260 g/mol. The molecular formula is C16H19F2NO. The molecule has 1 aliphatic rings. The molecule has 0 bridgehead atoms. The van der Waals surface area contributed by atoms with Gasteiger partial charge in [0.15, 0.2) is 0 Å².